The van der Waals surface area contributed by atoms with E-state index in [0.29, 0.717) is 6.54 Å². The van der Waals surface area contributed by atoms with Crippen LogP contribution < -0.4 is 11.1 Å². The van der Waals surface area contributed by atoms with E-state index in [-0.39, 0.29) is 18.6 Å². The van der Waals surface area contributed by atoms with Crippen molar-refractivity contribution in [1.82, 2.24) is 5.32 Å². The van der Waals surface area contributed by atoms with Gasteiger partial charge in [-0.3, -0.25) is 4.79 Å². The number of nitrogens with two attached hydrogens (primary N) is 1. The van der Waals surface area contributed by atoms with Gasteiger partial charge in [-0.15, -0.1) is 0 Å². The van der Waals surface area contributed by atoms with Gasteiger partial charge in [-0.2, -0.15) is 0 Å². The van der Waals surface area contributed by atoms with E-state index in [1.54, 1.807) is 0 Å². The Morgan fingerprint density at radius 1 is 1.62 bits per heavy atom. The highest BCUT2D eigenvalue weighted by Crippen LogP contribution is 2.44. The zero-order chi connectivity index (χ0) is 9.90. The minimum atomic E-state index is -0.999. The molecule has 0 aromatic heterocycles. The molecule has 0 aliphatic heterocycles. The maximum atomic E-state index is 10.3. The monoisotopic (exact) mass is 188 g/mol. The molecule has 5 heteroatoms. The van der Waals surface area contributed by atoms with E-state index in [1.165, 1.54) is 0 Å². The molecule has 76 valence electrons. The van der Waals surface area contributed by atoms with Crippen molar-refractivity contribution in [3.05, 3.63) is 0 Å². The van der Waals surface area contributed by atoms with E-state index in [4.69, 9.17) is 15.9 Å². The van der Waals surface area contributed by atoms with Gasteiger partial charge in [-0.1, -0.05) is 0 Å². The minimum Gasteiger partial charge on any atom is -0.480 e. The molecule has 1 unspecified atom stereocenters. The zero-order valence-corrected chi connectivity index (χ0v) is 7.49. The minimum absolute atomic E-state index is 0.0121. The van der Waals surface area contributed by atoms with Crippen molar-refractivity contribution in [2.45, 2.75) is 18.9 Å². The lowest BCUT2D eigenvalue weighted by molar-refractivity contribution is -0.138. The predicted molar refractivity (Wildman–Crippen MR) is 47.2 cm³/mol. The first-order chi connectivity index (χ1) is 6.09. The number of carboxylic acids is 1. The first-order valence-corrected chi connectivity index (χ1v) is 4.40. The molecule has 0 radical (unpaired) electrons. The average Bonchev–Trinajstić information content (AvgIpc) is 2.85. The van der Waals surface area contributed by atoms with Crippen LogP contribution in [0, 0.1) is 5.41 Å². The summed E-state index contributed by atoms with van der Waals surface area (Å²) in [7, 11) is 0. The average molecular weight is 188 g/mol. The maximum Gasteiger partial charge on any atom is 0.321 e. The van der Waals surface area contributed by atoms with E-state index in [2.05, 4.69) is 5.32 Å². The fraction of sp³-hybridized carbons (Fsp3) is 0.875. The number of rotatable bonds is 6. The number of carbonyl (C=O) groups is 1. The molecule has 0 heterocycles. The van der Waals surface area contributed by atoms with E-state index >= 15 is 0 Å². The number of aliphatic hydroxyl groups is 1. The summed E-state index contributed by atoms with van der Waals surface area (Å²) in [6.07, 6.45) is 2.03. The summed E-state index contributed by atoms with van der Waals surface area (Å²) >= 11 is 0. The summed E-state index contributed by atoms with van der Waals surface area (Å²) in [6.45, 7) is 1.09. The fourth-order valence-electron chi connectivity index (χ4n) is 1.15. The Hall–Kier alpha value is -0.650. The van der Waals surface area contributed by atoms with Gasteiger partial charge in [0.1, 0.15) is 6.04 Å². The molecule has 0 bridgehead atoms. The molecule has 0 amide bonds. The van der Waals surface area contributed by atoms with Crippen molar-refractivity contribution >= 4 is 5.97 Å². The summed E-state index contributed by atoms with van der Waals surface area (Å²) in [5.74, 6) is -0.999. The van der Waals surface area contributed by atoms with Gasteiger partial charge in [-0.25, -0.2) is 0 Å². The van der Waals surface area contributed by atoms with Gasteiger partial charge in [-0.05, 0) is 12.8 Å². The Bertz CT molecular complexity index is 192. The van der Waals surface area contributed by atoms with Crippen molar-refractivity contribution in [3.63, 3.8) is 0 Å². The predicted octanol–water partition coefficient (Wildman–Crippen LogP) is -1.24. The van der Waals surface area contributed by atoms with Crippen LogP contribution in [0.5, 0.6) is 0 Å². The third-order valence-corrected chi connectivity index (χ3v) is 2.47. The van der Waals surface area contributed by atoms with Gasteiger partial charge in [0, 0.05) is 25.1 Å². The number of aliphatic carboxylic acids is 1. The van der Waals surface area contributed by atoms with Crippen molar-refractivity contribution in [3.8, 4) is 0 Å². The fourth-order valence-corrected chi connectivity index (χ4v) is 1.15. The van der Waals surface area contributed by atoms with Crippen LogP contribution >= 0.6 is 0 Å². The summed E-state index contributed by atoms with van der Waals surface area (Å²) in [4.78, 5) is 10.3. The van der Waals surface area contributed by atoms with Crippen molar-refractivity contribution in [2.75, 3.05) is 19.7 Å². The number of carboxylic acid groups (broad SMARTS) is 1. The van der Waals surface area contributed by atoms with Gasteiger partial charge >= 0.3 is 5.97 Å². The van der Waals surface area contributed by atoms with Crippen molar-refractivity contribution in [2.24, 2.45) is 11.1 Å². The quantitative estimate of drug-likeness (QED) is 0.418. The van der Waals surface area contributed by atoms with Crippen LogP contribution in [0.3, 0.4) is 0 Å². The van der Waals surface area contributed by atoms with Gasteiger partial charge in [0.05, 0.1) is 0 Å². The van der Waals surface area contributed by atoms with Crippen LogP contribution in [-0.2, 0) is 4.79 Å². The van der Waals surface area contributed by atoms with Crippen LogP contribution in [0.25, 0.3) is 0 Å². The standard InChI is InChI=1S/C8H16N2O3/c9-6(7(12)13)3-10-4-8(5-11)1-2-8/h6,10-11H,1-5,9H2,(H,12,13). The highest BCUT2D eigenvalue weighted by atomic mass is 16.4. The number of aliphatic hydroxyl groups excluding tert-OH is 1. The van der Waals surface area contributed by atoms with Crippen LogP contribution in [0.4, 0.5) is 0 Å². The van der Waals surface area contributed by atoms with Gasteiger partial charge < -0.3 is 21.3 Å². The Morgan fingerprint density at radius 2 is 2.23 bits per heavy atom. The molecule has 13 heavy (non-hydrogen) atoms. The second-order valence-corrected chi connectivity index (χ2v) is 3.73. The largest absolute Gasteiger partial charge is 0.480 e. The van der Waals surface area contributed by atoms with Crippen LogP contribution in [0.15, 0.2) is 0 Å². The Labute approximate surface area is 76.9 Å². The molecule has 0 spiro atoms. The highest BCUT2D eigenvalue weighted by Gasteiger charge is 2.41. The van der Waals surface area contributed by atoms with Gasteiger partial charge in [0.15, 0.2) is 0 Å². The lowest BCUT2D eigenvalue weighted by Gasteiger charge is -2.13. The summed E-state index contributed by atoms with van der Waals surface area (Å²) < 4.78 is 0. The molecule has 0 aromatic carbocycles. The molecule has 1 fully saturated rings. The molecular weight excluding hydrogens is 172 g/mol. The summed E-state index contributed by atoms with van der Waals surface area (Å²) in [6, 6.07) is -0.852. The van der Waals surface area contributed by atoms with E-state index in [1.807, 2.05) is 0 Å². The second-order valence-electron chi connectivity index (χ2n) is 3.73. The topological polar surface area (TPSA) is 95.6 Å². The molecule has 0 aromatic rings. The molecule has 5 nitrogen and oxygen atoms in total. The summed E-state index contributed by atoms with van der Waals surface area (Å²) in [5.41, 5.74) is 5.30. The third-order valence-electron chi connectivity index (χ3n) is 2.47. The van der Waals surface area contributed by atoms with Crippen LogP contribution in [-0.4, -0.2) is 41.9 Å². The Morgan fingerprint density at radius 3 is 2.62 bits per heavy atom. The summed E-state index contributed by atoms with van der Waals surface area (Å²) in [5, 5.41) is 20.4. The van der Waals surface area contributed by atoms with E-state index < -0.39 is 12.0 Å². The Balaban J connectivity index is 2.10. The molecule has 1 aliphatic rings. The maximum absolute atomic E-state index is 10.3. The lowest BCUT2D eigenvalue weighted by atomic mass is 10.1. The normalized spacial score (nSPS) is 21.1. The van der Waals surface area contributed by atoms with Crippen LogP contribution in [0.1, 0.15) is 12.8 Å². The van der Waals surface area contributed by atoms with Crippen molar-refractivity contribution in [1.29, 1.82) is 0 Å². The first kappa shape index (κ1) is 10.4. The van der Waals surface area contributed by atoms with Gasteiger partial charge in [0.2, 0.25) is 0 Å². The second kappa shape index (κ2) is 4.04. The lowest BCUT2D eigenvalue weighted by Crippen LogP contribution is -2.42. The molecule has 1 rings (SSSR count). The smallest absolute Gasteiger partial charge is 0.321 e. The SMILES string of the molecule is NC(CNCC1(CO)CC1)C(=O)O. The number of nitrogens with one attached hydrogen (secondary N) is 1. The van der Waals surface area contributed by atoms with E-state index in [9.17, 15) is 4.79 Å². The molecule has 1 saturated carbocycles. The molecule has 1 aliphatic carbocycles. The number of hydrogen-bond donors (Lipinski definition) is 4. The highest BCUT2D eigenvalue weighted by molar-refractivity contribution is 5.73. The van der Waals surface area contributed by atoms with E-state index in [0.717, 1.165) is 12.8 Å². The number of hydrogen-bond acceptors (Lipinski definition) is 4. The molecular formula is C8H16N2O3. The zero-order valence-electron chi connectivity index (χ0n) is 7.49. The molecule has 0 saturated heterocycles. The van der Waals surface area contributed by atoms with Gasteiger partial charge in [0.25, 0.3) is 0 Å². The molecule has 5 N–H and O–H groups in total. The van der Waals surface area contributed by atoms with Crippen LogP contribution in [0.2, 0.25) is 0 Å². The molecule has 1 atom stereocenters. The third kappa shape index (κ3) is 2.95. The Kier molecular flexibility index (Phi) is 3.24. The van der Waals surface area contributed by atoms with Crippen molar-refractivity contribution < 1.29 is 15.0 Å². The first-order valence-electron chi connectivity index (χ1n) is 4.40.